The highest BCUT2D eigenvalue weighted by atomic mass is 32.1. The summed E-state index contributed by atoms with van der Waals surface area (Å²) in [5, 5.41) is 11.1. The van der Waals surface area contributed by atoms with E-state index in [1.165, 1.54) is 16.7 Å². The fraction of sp³-hybridized carbons (Fsp3) is 0.174. The third-order valence-electron chi connectivity index (χ3n) is 4.74. The maximum absolute atomic E-state index is 13.2. The number of thiophene rings is 1. The molecule has 0 spiro atoms. The summed E-state index contributed by atoms with van der Waals surface area (Å²) < 4.78 is 7.35. The molecule has 1 N–H and O–H groups in total. The van der Waals surface area contributed by atoms with Crippen LogP contribution in [0.5, 0.6) is 5.75 Å². The van der Waals surface area contributed by atoms with Gasteiger partial charge in [-0.25, -0.2) is 9.78 Å². The Morgan fingerprint density at radius 1 is 1.17 bits per heavy atom. The third kappa shape index (κ3) is 3.97. The maximum atomic E-state index is 13.2. The summed E-state index contributed by atoms with van der Waals surface area (Å²) in [5.74, 6) is 0.189. The highest BCUT2D eigenvalue weighted by molar-refractivity contribution is 7.17. The zero-order chi connectivity index (χ0) is 21.1. The lowest BCUT2D eigenvalue weighted by Crippen LogP contribution is -2.25. The van der Waals surface area contributed by atoms with Crippen molar-refractivity contribution < 1.29 is 14.6 Å². The predicted molar refractivity (Wildman–Crippen MR) is 118 cm³/mol. The van der Waals surface area contributed by atoms with Gasteiger partial charge in [-0.05, 0) is 31.0 Å². The van der Waals surface area contributed by atoms with E-state index in [2.05, 4.69) is 4.98 Å². The summed E-state index contributed by atoms with van der Waals surface area (Å²) in [6.45, 7) is 2.80. The van der Waals surface area contributed by atoms with E-state index in [-0.39, 0.29) is 16.5 Å². The van der Waals surface area contributed by atoms with Crippen LogP contribution in [0.3, 0.4) is 0 Å². The van der Waals surface area contributed by atoms with E-state index in [4.69, 9.17) is 4.74 Å². The average Bonchev–Trinajstić information content (AvgIpc) is 3.18. The van der Waals surface area contributed by atoms with E-state index in [1.807, 2.05) is 61.5 Å². The lowest BCUT2D eigenvalue weighted by Gasteiger charge is -2.13. The maximum Gasteiger partial charge on any atom is 0.337 e. The number of aromatic nitrogens is 2. The molecule has 0 unspecified atom stereocenters. The van der Waals surface area contributed by atoms with Gasteiger partial charge < -0.3 is 9.84 Å². The van der Waals surface area contributed by atoms with Gasteiger partial charge in [0.2, 0.25) is 0 Å². The number of carboxylic acids is 1. The number of aromatic carboxylic acids is 1. The molecule has 0 bridgehead atoms. The van der Waals surface area contributed by atoms with Crippen LogP contribution in [-0.2, 0) is 6.54 Å². The monoisotopic (exact) mass is 420 g/mol. The van der Waals surface area contributed by atoms with Crippen LogP contribution >= 0.6 is 11.3 Å². The van der Waals surface area contributed by atoms with Crippen molar-refractivity contribution in [2.45, 2.75) is 19.9 Å². The molecule has 0 aliphatic carbocycles. The van der Waals surface area contributed by atoms with Crippen LogP contribution in [-0.4, -0.2) is 27.2 Å². The molecule has 0 aliphatic rings. The first kappa shape index (κ1) is 19.8. The number of carbonyl (C=O) groups is 1. The van der Waals surface area contributed by atoms with Gasteiger partial charge in [0.05, 0.1) is 17.6 Å². The van der Waals surface area contributed by atoms with Crippen molar-refractivity contribution in [2.24, 2.45) is 0 Å². The van der Waals surface area contributed by atoms with Gasteiger partial charge in [0.1, 0.15) is 16.4 Å². The standard InChI is InChI=1S/C23H20N2O4S/c1-15-7-5-10-17(13-15)29-12-6-11-25-20(16-8-3-2-4-9-16)24-21-19(22(25)26)18(14-30-21)23(27)28/h2-5,7-10,13-14H,6,11-12H2,1H3,(H,27,28). The highest BCUT2D eigenvalue weighted by Crippen LogP contribution is 2.25. The zero-order valence-electron chi connectivity index (χ0n) is 16.4. The molecule has 6 nitrogen and oxygen atoms in total. The Bertz CT molecular complexity index is 1260. The highest BCUT2D eigenvalue weighted by Gasteiger charge is 2.20. The molecular formula is C23H20N2O4S. The Kier molecular flexibility index (Phi) is 5.63. The molecule has 2 heterocycles. The summed E-state index contributed by atoms with van der Waals surface area (Å²) in [7, 11) is 0. The molecule has 2 aromatic heterocycles. The van der Waals surface area contributed by atoms with E-state index in [0.29, 0.717) is 30.2 Å². The molecule has 0 atom stereocenters. The van der Waals surface area contributed by atoms with Crippen LogP contribution < -0.4 is 10.3 Å². The van der Waals surface area contributed by atoms with Crippen LogP contribution in [0.2, 0.25) is 0 Å². The predicted octanol–water partition coefficient (Wildman–Crippen LogP) is 4.60. The van der Waals surface area contributed by atoms with Gasteiger partial charge in [-0.1, -0.05) is 42.5 Å². The molecule has 0 amide bonds. The summed E-state index contributed by atoms with van der Waals surface area (Å²) in [6.07, 6.45) is 0.577. The van der Waals surface area contributed by atoms with E-state index in [0.717, 1.165) is 16.9 Å². The molecule has 0 radical (unpaired) electrons. The van der Waals surface area contributed by atoms with Crippen molar-refractivity contribution in [1.29, 1.82) is 0 Å². The second-order valence-electron chi connectivity index (χ2n) is 6.91. The quantitative estimate of drug-likeness (QED) is 0.442. The first-order chi connectivity index (χ1) is 14.5. The minimum absolute atomic E-state index is 0.00290. The number of ether oxygens (including phenoxy) is 1. The minimum Gasteiger partial charge on any atom is -0.494 e. The SMILES string of the molecule is Cc1cccc(OCCCn2c(-c3ccccc3)nc3scc(C(=O)O)c3c2=O)c1. The lowest BCUT2D eigenvalue weighted by atomic mass is 10.2. The van der Waals surface area contributed by atoms with Crippen LogP contribution in [0.15, 0.2) is 64.8 Å². The number of carboxylic acid groups (broad SMARTS) is 1. The van der Waals surface area contributed by atoms with Gasteiger partial charge >= 0.3 is 5.97 Å². The normalized spacial score (nSPS) is 11.0. The van der Waals surface area contributed by atoms with Crippen LogP contribution in [0.4, 0.5) is 0 Å². The molecule has 4 aromatic rings. The van der Waals surface area contributed by atoms with E-state index >= 15 is 0 Å². The number of hydrogen-bond acceptors (Lipinski definition) is 5. The van der Waals surface area contributed by atoms with Crippen molar-refractivity contribution >= 4 is 27.5 Å². The van der Waals surface area contributed by atoms with Crippen LogP contribution in [0.1, 0.15) is 22.3 Å². The Labute approximate surface area is 177 Å². The van der Waals surface area contributed by atoms with E-state index in [9.17, 15) is 14.7 Å². The van der Waals surface area contributed by atoms with Crippen LogP contribution in [0.25, 0.3) is 21.6 Å². The van der Waals surface area contributed by atoms with Crippen molar-refractivity contribution in [2.75, 3.05) is 6.61 Å². The van der Waals surface area contributed by atoms with E-state index in [1.54, 1.807) is 4.57 Å². The first-order valence-electron chi connectivity index (χ1n) is 9.55. The average molecular weight is 420 g/mol. The van der Waals surface area contributed by atoms with Crippen molar-refractivity contribution in [3.63, 3.8) is 0 Å². The molecule has 0 aliphatic heterocycles. The smallest absolute Gasteiger partial charge is 0.337 e. The fourth-order valence-corrected chi connectivity index (χ4v) is 4.22. The Morgan fingerprint density at radius 3 is 2.70 bits per heavy atom. The number of hydrogen-bond donors (Lipinski definition) is 1. The topological polar surface area (TPSA) is 81.4 Å². The van der Waals surface area contributed by atoms with Gasteiger partial charge in [0, 0.05) is 17.5 Å². The van der Waals surface area contributed by atoms with E-state index < -0.39 is 5.97 Å². The molecule has 4 rings (SSSR count). The van der Waals surface area contributed by atoms with Gasteiger partial charge in [-0.3, -0.25) is 9.36 Å². The number of nitrogens with zero attached hydrogens (tertiary/aromatic N) is 2. The largest absolute Gasteiger partial charge is 0.494 e. The molecule has 0 fully saturated rings. The van der Waals surface area contributed by atoms with Crippen molar-refractivity contribution in [3.05, 3.63) is 81.5 Å². The van der Waals surface area contributed by atoms with Gasteiger partial charge in [0.15, 0.2) is 0 Å². The summed E-state index contributed by atoms with van der Waals surface area (Å²) >= 11 is 1.17. The Morgan fingerprint density at radius 2 is 1.97 bits per heavy atom. The number of benzene rings is 2. The Balaban J connectivity index is 1.67. The fourth-order valence-electron chi connectivity index (χ4n) is 3.31. The van der Waals surface area contributed by atoms with Crippen molar-refractivity contribution in [1.82, 2.24) is 9.55 Å². The second kappa shape index (κ2) is 8.51. The molecule has 0 saturated heterocycles. The third-order valence-corrected chi connectivity index (χ3v) is 5.61. The lowest BCUT2D eigenvalue weighted by molar-refractivity contribution is 0.0699. The van der Waals surface area contributed by atoms with Crippen LogP contribution in [0, 0.1) is 6.92 Å². The van der Waals surface area contributed by atoms with Gasteiger partial charge in [-0.2, -0.15) is 0 Å². The minimum atomic E-state index is -1.12. The molecule has 0 saturated carbocycles. The summed E-state index contributed by atoms with van der Waals surface area (Å²) in [4.78, 5) is 29.9. The molecule has 30 heavy (non-hydrogen) atoms. The molecule has 7 heteroatoms. The second-order valence-corrected chi connectivity index (χ2v) is 7.77. The molecule has 2 aromatic carbocycles. The summed E-state index contributed by atoms with van der Waals surface area (Å²) in [6, 6.07) is 17.2. The number of fused-ring (bicyclic) bond motifs is 1. The molecular weight excluding hydrogens is 400 g/mol. The first-order valence-corrected chi connectivity index (χ1v) is 10.4. The Hall–Kier alpha value is -3.45. The van der Waals surface area contributed by atoms with Crippen molar-refractivity contribution in [3.8, 4) is 17.1 Å². The molecule has 152 valence electrons. The summed E-state index contributed by atoms with van der Waals surface area (Å²) in [5.41, 5.74) is 1.58. The zero-order valence-corrected chi connectivity index (χ0v) is 17.2. The number of rotatable bonds is 7. The van der Waals surface area contributed by atoms with Gasteiger partial charge in [0.25, 0.3) is 5.56 Å². The number of aryl methyl sites for hydroxylation is 1. The van der Waals surface area contributed by atoms with Gasteiger partial charge in [-0.15, -0.1) is 11.3 Å².